The van der Waals surface area contributed by atoms with Crippen molar-refractivity contribution in [1.82, 2.24) is 4.90 Å². The van der Waals surface area contributed by atoms with E-state index in [0.717, 1.165) is 25.4 Å². The summed E-state index contributed by atoms with van der Waals surface area (Å²) < 4.78 is 11.0. The first-order valence-electron chi connectivity index (χ1n) is 6.55. The minimum Gasteiger partial charge on any atom is -0.495 e. The van der Waals surface area contributed by atoms with Gasteiger partial charge in [-0.05, 0) is 30.5 Å². The van der Waals surface area contributed by atoms with Crippen LogP contribution in [-0.2, 0) is 11.3 Å². The van der Waals surface area contributed by atoms with Gasteiger partial charge in [-0.25, -0.2) is 0 Å². The first-order valence-corrected chi connectivity index (χ1v) is 6.55. The number of likely N-dealkylation sites (tertiary alicyclic amines) is 1. The minimum absolute atomic E-state index is 0.444. The van der Waals surface area contributed by atoms with E-state index < -0.39 is 0 Å². The van der Waals surface area contributed by atoms with Gasteiger partial charge in [-0.15, -0.1) is 0 Å². The van der Waals surface area contributed by atoms with Crippen molar-refractivity contribution in [1.29, 1.82) is 0 Å². The Morgan fingerprint density at radius 3 is 2.67 bits per heavy atom. The average molecular weight is 248 g/mol. The second-order valence-electron chi connectivity index (χ2n) is 5.23. The quantitative estimate of drug-likeness (QED) is 0.826. The van der Waals surface area contributed by atoms with Crippen LogP contribution in [0.2, 0.25) is 0 Å². The van der Waals surface area contributed by atoms with Crippen molar-refractivity contribution in [3.05, 3.63) is 23.8 Å². The van der Waals surface area contributed by atoms with Crippen LogP contribution in [0.25, 0.3) is 0 Å². The third kappa shape index (κ3) is 2.31. The van der Waals surface area contributed by atoms with E-state index in [4.69, 9.17) is 15.2 Å². The van der Waals surface area contributed by atoms with Crippen LogP contribution in [0.5, 0.6) is 5.75 Å². The van der Waals surface area contributed by atoms with Gasteiger partial charge in [0.05, 0.1) is 25.0 Å². The van der Waals surface area contributed by atoms with E-state index in [9.17, 15) is 0 Å². The summed E-state index contributed by atoms with van der Waals surface area (Å²) >= 11 is 0. The molecule has 2 atom stereocenters. The molecule has 2 fully saturated rings. The van der Waals surface area contributed by atoms with Crippen LogP contribution >= 0.6 is 0 Å². The molecule has 3 rings (SSSR count). The van der Waals surface area contributed by atoms with E-state index in [1.54, 1.807) is 7.11 Å². The molecule has 0 amide bonds. The lowest BCUT2D eigenvalue weighted by molar-refractivity contribution is -0.0410. The third-order valence-electron chi connectivity index (χ3n) is 3.82. The molecule has 0 radical (unpaired) electrons. The van der Waals surface area contributed by atoms with Gasteiger partial charge >= 0.3 is 0 Å². The number of nitrogens with zero attached hydrogens (tertiary/aromatic N) is 1. The van der Waals surface area contributed by atoms with Crippen molar-refractivity contribution < 1.29 is 9.47 Å². The van der Waals surface area contributed by atoms with Crippen molar-refractivity contribution in [3.63, 3.8) is 0 Å². The van der Waals surface area contributed by atoms with E-state index in [-0.39, 0.29) is 0 Å². The van der Waals surface area contributed by atoms with Crippen molar-refractivity contribution >= 4 is 5.69 Å². The summed E-state index contributed by atoms with van der Waals surface area (Å²) in [5, 5.41) is 0. The largest absolute Gasteiger partial charge is 0.495 e. The molecule has 0 spiro atoms. The Labute approximate surface area is 108 Å². The predicted octanol–water partition coefficient (Wildman–Crippen LogP) is 1.64. The summed E-state index contributed by atoms with van der Waals surface area (Å²) in [6, 6.07) is 6.04. The van der Waals surface area contributed by atoms with Crippen molar-refractivity contribution in [2.75, 3.05) is 25.9 Å². The first-order chi connectivity index (χ1) is 8.74. The zero-order valence-electron chi connectivity index (χ0n) is 10.8. The Morgan fingerprint density at radius 1 is 1.33 bits per heavy atom. The molecule has 1 aromatic rings. The lowest BCUT2D eigenvalue weighted by atomic mass is 10.1. The molecule has 2 heterocycles. The highest BCUT2D eigenvalue weighted by Crippen LogP contribution is 2.28. The summed E-state index contributed by atoms with van der Waals surface area (Å²) in [7, 11) is 1.64. The van der Waals surface area contributed by atoms with E-state index in [1.165, 1.54) is 18.4 Å². The van der Waals surface area contributed by atoms with Crippen LogP contribution in [0.3, 0.4) is 0 Å². The number of benzene rings is 1. The Hall–Kier alpha value is -1.26. The van der Waals surface area contributed by atoms with Gasteiger partial charge in [0.2, 0.25) is 0 Å². The van der Waals surface area contributed by atoms with Crippen LogP contribution in [0.1, 0.15) is 18.4 Å². The molecule has 2 aliphatic heterocycles. The van der Waals surface area contributed by atoms with Gasteiger partial charge in [-0.3, -0.25) is 4.90 Å². The number of fused-ring (bicyclic) bond motifs is 2. The van der Waals surface area contributed by atoms with Gasteiger partial charge in [0.1, 0.15) is 5.75 Å². The van der Waals surface area contributed by atoms with Gasteiger partial charge in [-0.2, -0.15) is 0 Å². The zero-order valence-corrected chi connectivity index (χ0v) is 10.8. The lowest BCUT2D eigenvalue weighted by Gasteiger charge is -2.32. The highest BCUT2D eigenvalue weighted by Gasteiger charge is 2.33. The fourth-order valence-electron chi connectivity index (χ4n) is 2.97. The third-order valence-corrected chi connectivity index (χ3v) is 3.82. The molecule has 1 aromatic carbocycles. The summed E-state index contributed by atoms with van der Waals surface area (Å²) in [6.45, 7) is 3.04. The van der Waals surface area contributed by atoms with Gasteiger partial charge in [0, 0.05) is 19.6 Å². The number of morpholine rings is 1. The topological polar surface area (TPSA) is 47.7 Å². The van der Waals surface area contributed by atoms with Gasteiger partial charge in [-0.1, -0.05) is 6.07 Å². The number of anilines is 1. The van der Waals surface area contributed by atoms with Crippen molar-refractivity contribution in [2.24, 2.45) is 0 Å². The maximum absolute atomic E-state index is 5.94. The highest BCUT2D eigenvalue weighted by molar-refractivity contribution is 5.54. The molecular formula is C14H20N2O2. The first kappa shape index (κ1) is 11.8. The monoisotopic (exact) mass is 248 g/mol. The second-order valence-corrected chi connectivity index (χ2v) is 5.23. The molecule has 2 unspecified atom stereocenters. The number of ether oxygens (including phenoxy) is 2. The normalized spacial score (nSPS) is 27.4. The van der Waals surface area contributed by atoms with Crippen LogP contribution < -0.4 is 10.5 Å². The van der Waals surface area contributed by atoms with Crippen LogP contribution in [0, 0.1) is 0 Å². The number of methoxy groups -OCH3 is 1. The van der Waals surface area contributed by atoms with Crippen LogP contribution in [-0.4, -0.2) is 37.3 Å². The fraction of sp³-hybridized carbons (Fsp3) is 0.571. The Balaban J connectivity index is 1.67. The van der Waals surface area contributed by atoms with E-state index >= 15 is 0 Å². The van der Waals surface area contributed by atoms with Crippen LogP contribution in [0.4, 0.5) is 5.69 Å². The maximum Gasteiger partial charge on any atom is 0.141 e. The molecule has 2 aliphatic rings. The Morgan fingerprint density at radius 2 is 2.06 bits per heavy atom. The molecule has 2 bridgehead atoms. The molecule has 98 valence electrons. The zero-order chi connectivity index (χ0) is 12.5. The van der Waals surface area contributed by atoms with Gasteiger partial charge in [0.25, 0.3) is 0 Å². The summed E-state index contributed by atoms with van der Waals surface area (Å²) in [6.07, 6.45) is 3.32. The van der Waals surface area contributed by atoms with Gasteiger partial charge in [0.15, 0.2) is 0 Å². The smallest absolute Gasteiger partial charge is 0.141 e. The minimum atomic E-state index is 0.444. The molecule has 0 aliphatic carbocycles. The maximum atomic E-state index is 5.94. The molecule has 18 heavy (non-hydrogen) atoms. The lowest BCUT2D eigenvalue weighted by Crippen LogP contribution is -2.41. The van der Waals surface area contributed by atoms with E-state index in [2.05, 4.69) is 11.0 Å². The van der Waals surface area contributed by atoms with E-state index in [0.29, 0.717) is 17.9 Å². The molecular weight excluding hydrogens is 228 g/mol. The SMILES string of the molecule is COc1ccc(CN2CC3CCC(C2)O3)cc1N. The van der Waals surface area contributed by atoms with E-state index in [1.807, 2.05) is 12.1 Å². The number of nitrogens with two attached hydrogens (primary N) is 1. The summed E-state index contributed by atoms with van der Waals surface area (Å²) in [4.78, 5) is 2.47. The van der Waals surface area contributed by atoms with Crippen molar-refractivity contribution in [3.8, 4) is 5.75 Å². The van der Waals surface area contributed by atoms with Crippen LogP contribution in [0.15, 0.2) is 18.2 Å². The van der Waals surface area contributed by atoms with Crippen molar-refractivity contribution in [2.45, 2.75) is 31.6 Å². The van der Waals surface area contributed by atoms with Gasteiger partial charge < -0.3 is 15.2 Å². The molecule has 2 N–H and O–H groups in total. The second kappa shape index (κ2) is 4.78. The Bertz CT molecular complexity index is 424. The molecule has 4 nitrogen and oxygen atoms in total. The Kier molecular flexibility index (Phi) is 3.14. The standard InChI is InChI=1S/C14H20N2O2/c1-17-14-5-2-10(6-13(14)15)7-16-8-11-3-4-12(9-16)18-11/h2,5-6,11-12H,3-4,7-9,15H2,1H3. The number of nitrogen functional groups attached to an aromatic ring is 1. The predicted molar refractivity (Wildman–Crippen MR) is 70.6 cm³/mol. The molecule has 0 aromatic heterocycles. The molecule has 4 heteroatoms. The average Bonchev–Trinajstić information content (AvgIpc) is 2.69. The molecule has 0 saturated carbocycles. The summed E-state index contributed by atoms with van der Waals surface area (Å²) in [5.74, 6) is 0.751. The number of hydrogen-bond donors (Lipinski definition) is 1. The number of rotatable bonds is 3. The fourth-order valence-corrected chi connectivity index (χ4v) is 2.97. The molecule has 2 saturated heterocycles. The summed E-state index contributed by atoms with van der Waals surface area (Å²) in [5.41, 5.74) is 7.89. The highest BCUT2D eigenvalue weighted by atomic mass is 16.5. The number of hydrogen-bond acceptors (Lipinski definition) is 4.